The van der Waals surface area contributed by atoms with Crippen molar-refractivity contribution in [2.45, 2.75) is 29.9 Å². The third-order valence-corrected chi connectivity index (χ3v) is 8.17. The van der Waals surface area contributed by atoms with Crippen LogP contribution in [0.2, 0.25) is 0 Å². The van der Waals surface area contributed by atoms with Gasteiger partial charge in [0.15, 0.2) is 4.34 Å². The highest BCUT2D eigenvalue weighted by Crippen LogP contribution is 2.48. The van der Waals surface area contributed by atoms with Gasteiger partial charge in [-0.15, -0.1) is 11.3 Å². The molecule has 2 N–H and O–H groups in total. The number of aromatic nitrogens is 1. The summed E-state index contributed by atoms with van der Waals surface area (Å²) < 4.78 is 11.2. The minimum absolute atomic E-state index is 0.0658. The Hall–Kier alpha value is -2.92. The van der Waals surface area contributed by atoms with E-state index in [9.17, 15) is 24.3 Å². The first kappa shape index (κ1) is 24.2. The van der Waals surface area contributed by atoms with Gasteiger partial charge in [-0.3, -0.25) is 19.2 Å². The quantitative estimate of drug-likeness (QED) is 0.228. The molecule has 0 aliphatic heterocycles. The summed E-state index contributed by atoms with van der Waals surface area (Å²) in [5.74, 6) is -4.13. The maximum Gasteiger partial charge on any atom is 0.331 e. The molecule has 1 fully saturated rings. The highest BCUT2D eigenvalue weighted by molar-refractivity contribution is 8.03. The van der Waals surface area contributed by atoms with Crippen LogP contribution >= 0.6 is 23.1 Å². The number of ether oxygens (including phenoxy) is 2. The van der Waals surface area contributed by atoms with Crippen molar-refractivity contribution < 1.29 is 33.8 Å². The lowest BCUT2D eigenvalue weighted by molar-refractivity contribution is -0.153. The second-order valence-corrected chi connectivity index (χ2v) is 10.4. The van der Waals surface area contributed by atoms with Gasteiger partial charge in [-0.05, 0) is 50.3 Å². The highest BCUT2D eigenvalue weighted by atomic mass is 32.2. The Morgan fingerprint density at radius 2 is 1.76 bits per heavy atom. The van der Waals surface area contributed by atoms with Crippen molar-refractivity contribution in [2.75, 3.05) is 18.5 Å². The molecule has 2 aliphatic carbocycles. The number of anilines is 1. The number of nitrogens with one attached hydrogen (secondary N) is 1. The van der Waals surface area contributed by atoms with E-state index in [-0.39, 0.29) is 31.0 Å². The molecule has 4 rings (SSSR count). The van der Waals surface area contributed by atoms with E-state index in [1.165, 1.54) is 11.3 Å². The van der Waals surface area contributed by atoms with Gasteiger partial charge in [-0.2, -0.15) is 0 Å². The molecule has 2 aliphatic rings. The molecule has 1 saturated carbocycles. The third-order valence-electron chi connectivity index (χ3n) is 5.90. The number of thioether (sulfide) groups is 1. The minimum atomic E-state index is -1.18. The van der Waals surface area contributed by atoms with Gasteiger partial charge in [0.25, 0.3) is 0 Å². The van der Waals surface area contributed by atoms with Crippen LogP contribution in [0, 0.1) is 23.7 Å². The Balaban J connectivity index is 1.50. The van der Waals surface area contributed by atoms with E-state index in [0.717, 1.165) is 16.5 Å². The number of carbonyl (C=O) groups is 4. The maximum atomic E-state index is 13.0. The Morgan fingerprint density at radius 3 is 2.38 bits per heavy atom. The van der Waals surface area contributed by atoms with Crippen LogP contribution in [0.4, 0.5) is 5.69 Å². The summed E-state index contributed by atoms with van der Waals surface area (Å²) in [5, 5.41) is 11.3. The molecule has 1 aromatic heterocycles. The van der Waals surface area contributed by atoms with Gasteiger partial charge in [-0.1, -0.05) is 23.9 Å². The van der Waals surface area contributed by atoms with E-state index >= 15 is 0 Å². The second kappa shape index (κ2) is 10.1. The number of amides is 1. The SMILES string of the molecule is CCOC(=O)C(Sc1nc2ccc(NC(=O)[C@@H]3[C@@H](C(=O)O)[C@H]4C=C[C@H]3C4)cc2s1)C(=O)OCC. The fourth-order valence-corrected chi connectivity index (χ4v) is 6.67. The molecule has 1 heterocycles. The third kappa shape index (κ3) is 4.80. The van der Waals surface area contributed by atoms with Crippen molar-refractivity contribution in [3.63, 3.8) is 0 Å². The summed E-state index contributed by atoms with van der Waals surface area (Å²) in [5.41, 5.74) is 1.17. The standard InChI is InChI=1S/C23H24N2O7S2/c1-3-31-21(29)18(22(30)32-4-2)34-23-25-14-8-7-13(10-15(14)33-23)24-19(26)16-11-5-6-12(9-11)17(16)20(27)28/h5-8,10-12,16-18H,3-4,9H2,1-2H3,(H,24,26)(H,27,28)/t11-,12-,16-,17-/m0/s1. The number of hydrogen-bond acceptors (Lipinski definition) is 9. The molecule has 180 valence electrons. The number of fused-ring (bicyclic) bond motifs is 3. The fourth-order valence-electron chi connectivity index (χ4n) is 4.50. The summed E-state index contributed by atoms with van der Waals surface area (Å²) in [4.78, 5) is 53.6. The first-order chi connectivity index (χ1) is 16.3. The van der Waals surface area contributed by atoms with E-state index in [4.69, 9.17) is 9.47 Å². The molecule has 1 aromatic carbocycles. The Kier molecular flexibility index (Phi) is 7.22. The number of aliphatic carboxylic acids is 1. The van der Waals surface area contributed by atoms with Gasteiger partial charge in [0.05, 0.1) is 35.3 Å². The van der Waals surface area contributed by atoms with Crippen LogP contribution in [0.25, 0.3) is 10.2 Å². The maximum absolute atomic E-state index is 13.0. The van der Waals surface area contributed by atoms with E-state index in [0.29, 0.717) is 22.0 Å². The molecular weight excluding hydrogens is 480 g/mol. The van der Waals surface area contributed by atoms with Crippen molar-refractivity contribution >= 4 is 62.8 Å². The van der Waals surface area contributed by atoms with Crippen molar-refractivity contribution in [3.8, 4) is 0 Å². The van der Waals surface area contributed by atoms with Crippen LogP contribution in [0.5, 0.6) is 0 Å². The van der Waals surface area contributed by atoms with Gasteiger partial charge in [0.1, 0.15) is 0 Å². The lowest BCUT2D eigenvalue weighted by Crippen LogP contribution is -2.36. The second-order valence-electron chi connectivity index (χ2n) is 7.99. The number of allylic oxidation sites excluding steroid dienone is 2. The molecule has 2 aromatic rings. The summed E-state index contributed by atoms with van der Waals surface area (Å²) in [6.45, 7) is 3.59. The Morgan fingerprint density at radius 1 is 1.12 bits per heavy atom. The highest BCUT2D eigenvalue weighted by Gasteiger charge is 2.51. The van der Waals surface area contributed by atoms with Crippen molar-refractivity contribution in [1.82, 2.24) is 4.98 Å². The number of carbonyl (C=O) groups excluding carboxylic acids is 3. The largest absolute Gasteiger partial charge is 0.481 e. The predicted molar refractivity (Wildman–Crippen MR) is 127 cm³/mol. The van der Waals surface area contributed by atoms with Gasteiger partial charge in [0.2, 0.25) is 11.2 Å². The summed E-state index contributed by atoms with van der Waals surface area (Å²) in [6, 6.07) is 5.17. The van der Waals surface area contributed by atoms with Crippen LogP contribution in [0.3, 0.4) is 0 Å². The van der Waals surface area contributed by atoms with E-state index in [1.807, 2.05) is 12.2 Å². The molecule has 34 heavy (non-hydrogen) atoms. The first-order valence-electron chi connectivity index (χ1n) is 10.9. The molecule has 4 atom stereocenters. The van der Waals surface area contributed by atoms with E-state index in [1.54, 1.807) is 32.0 Å². The molecule has 1 amide bonds. The van der Waals surface area contributed by atoms with Crippen LogP contribution in [-0.4, -0.2) is 52.4 Å². The minimum Gasteiger partial charge on any atom is -0.481 e. The molecule has 0 unspecified atom stereocenters. The Labute approximate surface area is 203 Å². The van der Waals surface area contributed by atoms with Gasteiger partial charge >= 0.3 is 17.9 Å². The zero-order valence-corrected chi connectivity index (χ0v) is 20.2. The van der Waals surface area contributed by atoms with Crippen molar-refractivity contribution in [2.24, 2.45) is 23.7 Å². The normalized spacial score (nSPS) is 22.8. The molecule has 11 heteroatoms. The summed E-state index contributed by atoms with van der Waals surface area (Å²) in [7, 11) is 0. The number of thiazole rings is 1. The van der Waals surface area contributed by atoms with E-state index < -0.39 is 35.0 Å². The lowest BCUT2D eigenvalue weighted by atomic mass is 9.82. The topological polar surface area (TPSA) is 132 Å². The van der Waals surface area contributed by atoms with Gasteiger partial charge in [-0.25, -0.2) is 4.98 Å². The summed E-state index contributed by atoms with van der Waals surface area (Å²) >= 11 is 2.23. The zero-order chi connectivity index (χ0) is 24.4. The van der Waals surface area contributed by atoms with Crippen LogP contribution in [-0.2, 0) is 28.7 Å². The van der Waals surface area contributed by atoms with Crippen LogP contribution in [0.15, 0.2) is 34.7 Å². The van der Waals surface area contributed by atoms with Gasteiger partial charge in [0, 0.05) is 5.69 Å². The smallest absolute Gasteiger partial charge is 0.331 e. The average Bonchev–Trinajstić information content (AvgIpc) is 3.51. The number of carboxylic acids is 1. The number of carboxylic acid groups (broad SMARTS) is 1. The average molecular weight is 505 g/mol. The Bertz CT molecular complexity index is 1140. The number of esters is 2. The van der Waals surface area contributed by atoms with Gasteiger partial charge < -0.3 is 19.9 Å². The van der Waals surface area contributed by atoms with E-state index in [2.05, 4.69) is 10.3 Å². The fraction of sp³-hybridized carbons (Fsp3) is 0.435. The zero-order valence-electron chi connectivity index (χ0n) is 18.6. The van der Waals surface area contributed by atoms with Crippen LogP contribution < -0.4 is 5.32 Å². The van der Waals surface area contributed by atoms with Crippen molar-refractivity contribution in [3.05, 3.63) is 30.4 Å². The van der Waals surface area contributed by atoms with Crippen LogP contribution in [0.1, 0.15) is 20.3 Å². The number of rotatable bonds is 9. The molecule has 9 nitrogen and oxygen atoms in total. The lowest BCUT2D eigenvalue weighted by Gasteiger charge is -2.23. The predicted octanol–water partition coefficient (Wildman–Crippen LogP) is 3.34. The number of nitrogens with zero attached hydrogens (tertiary/aromatic N) is 1. The molecule has 0 spiro atoms. The summed E-state index contributed by atoms with van der Waals surface area (Å²) in [6.07, 6.45) is 4.52. The molecule has 0 radical (unpaired) electrons. The molecule has 0 saturated heterocycles. The number of benzene rings is 1. The molecule has 2 bridgehead atoms. The first-order valence-corrected chi connectivity index (χ1v) is 12.6. The number of hydrogen-bond donors (Lipinski definition) is 2. The molecular formula is C23H24N2O7S2. The monoisotopic (exact) mass is 504 g/mol. The van der Waals surface area contributed by atoms with Crippen molar-refractivity contribution in [1.29, 1.82) is 0 Å².